The first kappa shape index (κ1) is 12.0. The zero-order valence-electron chi connectivity index (χ0n) is 8.48. The highest BCUT2D eigenvalue weighted by Gasteiger charge is 2.02. The second-order valence-electron chi connectivity index (χ2n) is 3.43. The SMILES string of the molecule is CCC(C)NCc1cc(Br)ccc1Cl. The summed E-state index contributed by atoms with van der Waals surface area (Å²) in [5.74, 6) is 0. The molecule has 1 aromatic carbocycles. The van der Waals surface area contributed by atoms with Crippen LogP contribution in [0.3, 0.4) is 0 Å². The van der Waals surface area contributed by atoms with Gasteiger partial charge < -0.3 is 5.32 Å². The van der Waals surface area contributed by atoms with Crippen molar-refractivity contribution >= 4 is 27.5 Å². The number of hydrogen-bond donors (Lipinski definition) is 1. The van der Waals surface area contributed by atoms with Gasteiger partial charge in [-0.1, -0.05) is 34.5 Å². The third kappa shape index (κ3) is 3.60. The molecule has 1 atom stereocenters. The van der Waals surface area contributed by atoms with Crippen molar-refractivity contribution in [3.8, 4) is 0 Å². The van der Waals surface area contributed by atoms with Crippen molar-refractivity contribution in [2.75, 3.05) is 0 Å². The smallest absolute Gasteiger partial charge is 0.0451 e. The largest absolute Gasteiger partial charge is 0.310 e. The first-order valence-electron chi connectivity index (χ1n) is 4.80. The molecular formula is C11H15BrClN. The monoisotopic (exact) mass is 275 g/mol. The van der Waals surface area contributed by atoms with E-state index in [2.05, 4.69) is 41.2 Å². The van der Waals surface area contributed by atoms with Crippen molar-refractivity contribution in [1.82, 2.24) is 5.32 Å². The fraction of sp³-hybridized carbons (Fsp3) is 0.455. The van der Waals surface area contributed by atoms with Gasteiger partial charge in [-0.15, -0.1) is 0 Å². The van der Waals surface area contributed by atoms with Crippen LogP contribution in [0.2, 0.25) is 5.02 Å². The van der Waals surface area contributed by atoms with E-state index in [-0.39, 0.29) is 0 Å². The number of benzene rings is 1. The van der Waals surface area contributed by atoms with Crippen molar-refractivity contribution in [1.29, 1.82) is 0 Å². The van der Waals surface area contributed by atoms with Crippen molar-refractivity contribution in [2.24, 2.45) is 0 Å². The molecule has 0 aliphatic rings. The number of halogens is 2. The van der Waals surface area contributed by atoms with Gasteiger partial charge >= 0.3 is 0 Å². The number of nitrogens with one attached hydrogen (secondary N) is 1. The van der Waals surface area contributed by atoms with Gasteiger partial charge in [0.2, 0.25) is 0 Å². The van der Waals surface area contributed by atoms with Gasteiger partial charge in [0.05, 0.1) is 0 Å². The summed E-state index contributed by atoms with van der Waals surface area (Å²) in [6.45, 7) is 5.17. The predicted molar refractivity (Wildman–Crippen MR) is 65.7 cm³/mol. The van der Waals surface area contributed by atoms with Crippen molar-refractivity contribution in [2.45, 2.75) is 32.9 Å². The van der Waals surface area contributed by atoms with Crippen LogP contribution in [0.1, 0.15) is 25.8 Å². The summed E-state index contributed by atoms with van der Waals surface area (Å²) in [6.07, 6.45) is 1.13. The maximum Gasteiger partial charge on any atom is 0.0451 e. The van der Waals surface area contributed by atoms with Crippen LogP contribution >= 0.6 is 27.5 Å². The normalized spacial score (nSPS) is 12.9. The lowest BCUT2D eigenvalue weighted by molar-refractivity contribution is 0.534. The van der Waals surface area contributed by atoms with E-state index < -0.39 is 0 Å². The molecule has 1 unspecified atom stereocenters. The van der Waals surface area contributed by atoms with Crippen LogP contribution in [0.5, 0.6) is 0 Å². The highest BCUT2D eigenvalue weighted by molar-refractivity contribution is 9.10. The minimum absolute atomic E-state index is 0.532. The lowest BCUT2D eigenvalue weighted by Crippen LogP contribution is -2.24. The summed E-state index contributed by atoms with van der Waals surface area (Å²) in [6, 6.07) is 6.46. The Morgan fingerprint density at radius 2 is 2.21 bits per heavy atom. The predicted octanol–water partition coefficient (Wildman–Crippen LogP) is 3.99. The molecule has 1 rings (SSSR count). The summed E-state index contributed by atoms with van der Waals surface area (Å²) in [5, 5.41) is 4.23. The summed E-state index contributed by atoms with van der Waals surface area (Å²) < 4.78 is 1.07. The molecule has 0 saturated carbocycles. The molecule has 0 aliphatic heterocycles. The van der Waals surface area contributed by atoms with E-state index in [1.807, 2.05) is 12.1 Å². The number of hydrogen-bond acceptors (Lipinski definition) is 1. The Balaban J connectivity index is 2.62. The van der Waals surface area contributed by atoms with Crippen molar-refractivity contribution in [3.05, 3.63) is 33.3 Å². The molecule has 0 aliphatic carbocycles. The van der Waals surface area contributed by atoms with Gasteiger partial charge in [0, 0.05) is 22.1 Å². The maximum atomic E-state index is 6.06. The minimum Gasteiger partial charge on any atom is -0.310 e. The van der Waals surface area contributed by atoms with Crippen LogP contribution < -0.4 is 5.32 Å². The van der Waals surface area contributed by atoms with E-state index in [9.17, 15) is 0 Å². The molecule has 14 heavy (non-hydrogen) atoms. The van der Waals surface area contributed by atoms with E-state index >= 15 is 0 Å². The fourth-order valence-corrected chi connectivity index (χ4v) is 1.70. The second-order valence-corrected chi connectivity index (χ2v) is 4.75. The topological polar surface area (TPSA) is 12.0 Å². The lowest BCUT2D eigenvalue weighted by atomic mass is 10.2. The summed E-state index contributed by atoms with van der Waals surface area (Å²) >= 11 is 9.50. The lowest BCUT2D eigenvalue weighted by Gasteiger charge is -2.12. The van der Waals surface area contributed by atoms with E-state index in [0.717, 1.165) is 28.0 Å². The third-order valence-electron chi connectivity index (χ3n) is 2.26. The second kappa shape index (κ2) is 5.74. The Morgan fingerprint density at radius 3 is 2.86 bits per heavy atom. The Bertz CT molecular complexity index is 301. The molecule has 3 heteroatoms. The first-order chi connectivity index (χ1) is 6.63. The highest BCUT2D eigenvalue weighted by Crippen LogP contribution is 2.20. The van der Waals surface area contributed by atoms with Crippen LogP contribution in [0.25, 0.3) is 0 Å². The maximum absolute atomic E-state index is 6.06. The summed E-state index contributed by atoms with van der Waals surface area (Å²) in [4.78, 5) is 0. The zero-order valence-corrected chi connectivity index (χ0v) is 10.8. The Morgan fingerprint density at radius 1 is 1.50 bits per heavy atom. The van der Waals surface area contributed by atoms with Gasteiger partial charge in [-0.2, -0.15) is 0 Å². The van der Waals surface area contributed by atoms with E-state index in [0.29, 0.717) is 6.04 Å². The Kier molecular flexibility index (Phi) is 4.93. The van der Waals surface area contributed by atoms with Crippen LogP contribution in [0.4, 0.5) is 0 Å². The van der Waals surface area contributed by atoms with Crippen molar-refractivity contribution < 1.29 is 0 Å². The van der Waals surface area contributed by atoms with E-state index in [1.54, 1.807) is 0 Å². The van der Waals surface area contributed by atoms with Gasteiger partial charge in [-0.25, -0.2) is 0 Å². The molecule has 0 saturated heterocycles. The molecule has 1 N–H and O–H groups in total. The van der Waals surface area contributed by atoms with Crippen LogP contribution in [0.15, 0.2) is 22.7 Å². The fourth-order valence-electron chi connectivity index (χ4n) is 1.11. The molecular weight excluding hydrogens is 261 g/mol. The molecule has 0 amide bonds. The molecule has 0 bridgehead atoms. The van der Waals surface area contributed by atoms with Crippen LogP contribution in [0, 0.1) is 0 Å². The Labute approximate surface area is 99.0 Å². The van der Waals surface area contributed by atoms with Crippen molar-refractivity contribution in [3.63, 3.8) is 0 Å². The third-order valence-corrected chi connectivity index (χ3v) is 3.12. The summed E-state index contributed by atoms with van der Waals surface area (Å²) in [7, 11) is 0. The average molecular weight is 277 g/mol. The van der Waals surface area contributed by atoms with Crippen LogP contribution in [-0.2, 0) is 6.54 Å². The molecule has 0 fully saturated rings. The molecule has 0 spiro atoms. The minimum atomic E-state index is 0.532. The van der Waals surface area contributed by atoms with Gasteiger partial charge in [-0.3, -0.25) is 0 Å². The average Bonchev–Trinajstić information content (AvgIpc) is 2.19. The van der Waals surface area contributed by atoms with Gasteiger partial charge in [-0.05, 0) is 37.1 Å². The quantitative estimate of drug-likeness (QED) is 0.877. The first-order valence-corrected chi connectivity index (χ1v) is 5.98. The molecule has 78 valence electrons. The molecule has 0 aromatic heterocycles. The zero-order chi connectivity index (χ0) is 10.6. The molecule has 1 nitrogen and oxygen atoms in total. The van der Waals surface area contributed by atoms with E-state index in [4.69, 9.17) is 11.6 Å². The van der Waals surface area contributed by atoms with E-state index in [1.165, 1.54) is 0 Å². The number of rotatable bonds is 4. The molecule has 0 heterocycles. The summed E-state index contributed by atoms with van der Waals surface area (Å²) in [5.41, 5.74) is 1.14. The Hall–Kier alpha value is -0.0500. The van der Waals surface area contributed by atoms with Gasteiger partial charge in [0.1, 0.15) is 0 Å². The standard InChI is InChI=1S/C11H15BrClN/c1-3-8(2)14-7-9-6-10(12)4-5-11(9)13/h4-6,8,14H,3,7H2,1-2H3. The molecule has 0 radical (unpaired) electrons. The molecule has 1 aromatic rings. The van der Waals surface area contributed by atoms with Gasteiger partial charge in [0.15, 0.2) is 0 Å². The van der Waals surface area contributed by atoms with Gasteiger partial charge in [0.25, 0.3) is 0 Å². The van der Waals surface area contributed by atoms with Crippen LogP contribution in [-0.4, -0.2) is 6.04 Å². The highest BCUT2D eigenvalue weighted by atomic mass is 79.9.